The Morgan fingerprint density at radius 1 is 1.58 bits per heavy atom. The number of benzene rings is 1. The van der Waals surface area contributed by atoms with Crippen LogP contribution < -0.4 is 5.32 Å². The number of nitrogens with one attached hydrogen (secondary N) is 1. The minimum absolute atomic E-state index is 0.440. The van der Waals surface area contributed by atoms with Gasteiger partial charge in [0.05, 0.1) is 0 Å². The van der Waals surface area contributed by atoms with E-state index in [0.29, 0.717) is 4.32 Å². The van der Waals surface area contributed by atoms with Crippen molar-refractivity contribution in [2.24, 2.45) is 0 Å². The number of rotatable bonds is 1. The third-order valence-corrected chi connectivity index (χ3v) is 2.04. The summed E-state index contributed by atoms with van der Waals surface area (Å²) in [6.45, 7) is 1.95. The first kappa shape index (κ1) is 9.84. The molecule has 4 heteroatoms. The van der Waals surface area contributed by atoms with E-state index in [9.17, 15) is 0 Å². The molecule has 0 aromatic heterocycles. The molecule has 0 saturated heterocycles. The van der Waals surface area contributed by atoms with E-state index < -0.39 is 0 Å². The maximum absolute atomic E-state index is 5.89. The molecule has 0 unspecified atom stereocenters. The van der Waals surface area contributed by atoms with Crippen molar-refractivity contribution in [1.82, 2.24) is 0 Å². The lowest BCUT2D eigenvalue weighted by molar-refractivity contribution is 1.47. The lowest BCUT2D eigenvalue weighted by Gasteiger charge is -2.04. The normalized spacial score (nSPS) is 9.58. The largest absolute Gasteiger partial charge is 0.341 e. The van der Waals surface area contributed by atoms with Gasteiger partial charge in [-0.3, -0.25) is 0 Å². The molecule has 1 rings (SSSR count). The third-order valence-electron chi connectivity index (χ3n) is 1.42. The van der Waals surface area contributed by atoms with E-state index in [1.807, 2.05) is 25.1 Å². The number of hydrogen-bond acceptors (Lipinski definition) is 1. The molecule has 0 radical (unpaired) electrons. The Labute approximate surface area is 87.5 Å². The standard InChI is InChI=1S/C8H8ClNS2/c1-5-2-3-6(4-7(5)9)10-8(11)12/h2-4H,1H3,(H2,10,11,12). The molecular weight excluding hydrogens is 210 g/mol. The average Bonchev–Trinajstić information content (AvgIpc) is 1.96. The first-order chi connectivity index (χ1) is 5.59. The first-order valence-electron chi connectivity index (χ1n) is 3.35. The maximum Gasteiger partial charge on any atom is 0.135 e. The summed E-state index contributed by atoms with van der Waals surface area (Å²) in [5.74, 6) is 0. The van der Waals surface area contributed by atoms with Crippen molar-refractivity contribution >= 4 is 46.5 Å². The molecule has 0 aliphatic carbocycles. The predicted octanol–water partition coefficient (Wildman–Crippen LogP) is 3.28. The highest BCUT2D eigenvalue weighted by atomic mass is 35.5. The molecule has 0 atom stereocenters. The van der Waals surface area contributed by atoms with E-state index in [2.05, 4.69) is 17.9 Å². The lowest BCUT2D eigenvalue weighted by atomic mass is 10.2. The van der Waals surface area contributed by atoms with Gasteiger partial charge in [-0.1, -0.05) is 29.9 Å². The number of halogens is 1. The van der Waals surface area contributed by atoms with E-state index in [0.717, 1.165) is 16.3 Å². The second kappa shape index (κ2) is 4.12. The second-order valence-electron chi connectivity index (χ2n) is 2.39. The van der Waals surface area contributed by atoms with Crippen LogP contribution in [0.1, 0.15) is 5.56 Å². The second-order valence-corrected chi connectivity index (χ2v) is 3.96. The highest BCUT2D eigenvalue weighted by Crippen LogP contribution is 2.20. The summed E-state index contributed by atoms with van der Waals surface area (Å²) in [7, 11) is 0. The van der Waals surface area contributed by atoms with Gasteiger partial charge in [0.15, 0.2) is 0 Å². The zero-order valence-corrected chi connectivity index (χ0v) is 8.93. The van der Waals surface area contributed by atoms with Gasteiger partial charge in [0.1, 0.15) is 4.32 Å². The Morgan fingerprint density at radius 2 is 2.25 bits per heavy atom. The van der Waals surface area contributed by atoms with Crippen LogP contribution >= 0.6 is 36.4 Å². The van der Waals surface area contributed by atoms with Crippen LogP contribution in [0, 0.1) is 6.92 Å². The van der Waals surface area contributed by atoms with Crippen LogP contribution in [0.4, 0.5) is 5.69 Å². The fourth-order valence-corrected chi connectivity index (χ4v) is 1.22. The average molecular weight is 218 g/mol. The van der Waals surface area contributed by atoms with E-state index in [1.165, 1.54) is 0 Å². The van der Waals surface area contributed by atoms with Crippen molar-refractivity contribution in [1.29, 1.82) is 0 Å². The van der Waals surface area contributed by atoms with Crippen LogP contribution in [0.5, 0.6) is 0 Å². The summed E-state index contributed by atoms with van der Waals surface area (Å²) < 4.78 is 0.440. The molecule has 1 aromatic rings. The Balaban J connectivity index is 2.89. The number of thiol groups is 1. The van der Waals surface area contributed by atoms with Crippen molar-refractivity contribution < 1.29 is 0 Å². The SMILES string of the molecule is Cc1ccc(NC(=S)S)cc1Cl. The molecule has 0 saturated carbocycles. The molecule has 0 spiro atoms. The van der Waals surface area contributed by atoms with Gasteiger partial charge in [-0.2, -0.15) is 0 Å². The Hall–Kier alpha value is -0.250. The molecule has 1 aromatic carbocycles. The van der Waals surface area contributed by atoms with E-state index in [4.69, 9.17) is 23.8 Å². The molecule has 0 aliphatic heterocycles. The topological polar surface area (TPSA) is 12.0 Å². The summed E-state index contributed by atoms with van der Waals surface area (Å²) in [5, 5.41) is 3.61. The fourth-order valence-electron chi connectivity index (χ4n) is 0.794. The summed E-state index contributed by atoms with van der Waals surface area (Å²) >= 11 is 14.6. The van der Waals surface area contributed by atoms with E-state index in [-0.39, 0.29) is 0 Å². The molecule has 12 heavy (non-hydrogen) atoms. The number of aryl methyl sites for hydroxylation is 1. The van der Waals surface area contributed by atoms with Gasteiger partial charge in [-0.25, -0.2) is 0 Å². The van der Waals surface area contributed by atoms with Crippen LogP contribution in [0.25, 0.3) is 0 Å². The van der Waals surface area contributed by atoms with Crippen LogP contribution in [0.2, 0.25) is 5.02 Å². The van der Waals surface area contributed by atoms with Crippen LogP contribution in [0.15, 0.2) is 18.2 Å². The summed E-state index contributed by atoms with van der Waals surface area (Å²) in [6.07, 6.45) is 0. The summed E-state index contributed by atoms with van der Waals surface area (Å²) in [6, 6.07) is 5.65. The Kier molecular flexibility index (Phi) is 3.38. The van der Waals surface area contributed by atoms with Gasteiger partial charge in [0.25, 0.3) is 0 Å². The van der Waals surface area contributed by atoms with Gasteiger partial charge in [-0.15, -0.1) is 12.6 Å². The van der Waals surface area contributed by atoms with Crippen molar-refractivity contribution in [3.05, 3.63) is 28.8 Å². The molecule has 0 aliphatic rings. The van der Waals surface area contributed by atoms with E-state index >= 15 is 0 Å². The number of anilines is 1. The Morgan fingerprint density at radius 3 is 2.75 bits per heavy atom. The van der Waals surface area contributed by atoms with Crippen molar-refractivity contribution in [3.8, 4) is 0 Å². The lowest BCUT2D eigenvalue weighted by Crippen LogP contribution is -2.00. The van der Waals surface area contributed by atoms with Crippen molar-refractivity contribution in [2.45, 2.75) is 6.92 Å². The monoisotopic (exact) mass is 217 g/mol. The maximum atomic E-state index is 5.89. The molecular formula is C8H8ClNS2. The summed E-state index contributed by atoms with van der Waals surface area (Å²) in [4.78, 5) is 0. The van der Waals surface area contributed by atoms with Crippen LogP contribution in [-0.2, 0) is 0 Å². The van der Waals surface area contributed by atoms with Crippen LogP contribution in [0.3, 0.4) is 0 Å². The van der Waals surface area contributed by atoms with E-state index in [1.54, 1.807) is 0 Å². The number of hydrogen-bond donors (Lipinski definition) is 2. The molecule has 0 fully saturated rings. The van der Waals surface area contributed by atoms with Gasteiger partial charge < -0.3 is 5.32 Å². The molecule has 1 N–H and O–H groups in total. The third kappa shape index (κ3) is 2.66. The Bertz CT molecular complexity index is 312. The summed E-state index contributed by atoms with van der Waals surface area (Å²) in [5.41, 5.74) is 1.91. The quantitative estimate of drug-likeness (QED) is 0.553. The number of thiocarbonyl (C=S) groups is 1. The van der Waals surface area contributed by atoms with Gasteiger partial charge in [-0.05, 0) is 24.6 Å². The van der Waals surface area contributed by atoms with Gasteiger partial charge in [0.2, 0.25) is 0 Å². The predicted molar refractivity (Wildman–Crippen MR) is 61.4 cm³/mol. The van der Waals surface area contributed by atoms with Crippen LogP contribution in [-0.4, -0.2) is 4.32 Å². The fraction of sp³-hybridized carbons (Fsp3) is 0.125. The highest BCUT2D eigenvalue weighted by molar-refractivity contribution is 8.11. The molecule has 0 heterocycles. The minimum atomic E-state index is 0.440. The molecule has 64 valence electrons. The molecule has 0 bridgehead atoms. The first-order valence-corrected chi connectivity index (χ1v) is 4.59. The van der Waals surface area contributed by atoms with Crippen molar-refractivity contribution in [2.75, 3.05) is 5.32 Å². The smallest absolute Gasteiger partial charge is 0.135 e. The molecule has 1 nitrogen and oxygen atoms in total. The van der Waals surface area contributed by atoms with Gasteiger partial charge in [0, 0.05) is 10.7 Å². The zero-order valence-electron chi connectivity index (χ0n) is 6.47. The molecule has 0 amide bonds. The van der Waals surface area contributed by atoms with Gasteiger partial charge >= 0.3 is 0 Å². The highest BCUT2D eigenvalue weighted by Gasteiger charge is 1.97. The zero-order chi connectivity index (χ0) is 9.14. The van der Waals surface area contributed by atoms with Crippen molar-refractivity contribution in [3.63, 3.8) is 0 Å². The minimum Gasteiger partial charge on any atom is -0.341 e.